The van der Waals surface area contributed by atoms with Gasteiger partial charge in [-0.2, -0.15) is 0 Å². The Labute approximate surface area is 111 Å². The first-order valence-electron chi connectivity index (χ1n) is 5.92. The molecule has 0 atom stereocenters. The van der Waals surface area contributed by atoms with Gasteiger partial charge in [-0.05, 0) is 42.4 Å². The van der Waals surface area contributed by atoms with Crippen LogP contribution in [0.5, 0.6) is 5.75 Å². The fourth-order valence-electron chi connectivity index (χ4n) is 1.93. The number of hydrogen-bond acceptors (Lipinski definition) is 2. The van der Waals surface area contributed by atoms with Gasteiger partial charge in [-0.25, -0.2) is 8.78 Å². The molecule has 0 fully saturated rings. The molecule has 0 saturated heterocycles. The van der Waals surface area contributed by atoms with Crippen LogP contribution in [0, 0.1) is 11.6 Å². The van der Waals surface area contributed by atoms with Gasteiger partial charge in [-0.1, -0.05) is 12.1 Å². The molecule has 0 aliphatic rings. The van der Waals surface area contributed by atoms with Crippen LogP contribution in [0.4, 0.5) is 8.78 Å². The Morgan fingerprint density at radius 2 is 1.68 bits per heavy atom. The molecule has 0 aliphatic carbocycles. The van der Waals surface area contributed by atoms with Crippen LogP contribution in [0.15, 0.2) is 36.4 Å². The van der Waals surface area contributed by atoms with Crippen molar-refractivity contribution in [3.8, 4) is 16.9 Å². The zero-order valence-electron chi connectivity index (χ0n) is 10.8. The summed E-state index contributed by atoms with van der Waals surface area (Å²) in [5.41, 5.74) is 2.01. The fraction of sp³-hybridized carbons (Fsp3) is 0.200. The summed E-state index contributed by atoms with van der Waals surface area (Å²) in [5.74, 6) is -0.507. The van der Waals surface area contributed by atoms with Crippen LogP contribution >= 0.6 is 0 Å². The van der Waals surface area contributed by atoms with Crippen molar-refractivity contribution in [3.05, 3.63) is 53.6 Å². The second-order valence-electron chi connectivity index (χ2n) is 4.19. The van der Waals surface area contributed by atoms with E-state index in [9.17, 15) is 8.78 Å². The number of halogens is 2. The van der Waals surface area contributed by atoms with Crippen molar-refractivity contribution in [1.82, 2.24) is 5.32 Å². The maximum Gasteiger partial charge on any atom is 0.165 e. The average Bonchev–Trinajstić information content (AvgIpc) is 2.41. The summed E-state index contributed by atoms with van der Waals surface area (Å²) >= 11 is 0. The Morgan fingerprint density at radius 1 is 1.00 bits per heavy atom. The molecule has 0 aromatic heterocycles. The minimum Gasteiger partial charge on any atom is -0.494 e. The third-order valence-electron chi connectivity index (χ3n) is 2.90. The number of hydrogen-bond donors (Lipinski definition) is 1. The van der Waals surface area contributed by atoms with E-state index in [1.165, 1.54) is 19.2 Å². The SMILES string of the molecule is CNCc1cc(-c2ccc(OC)c(F)c2)ccc1F. The zero-order chi connectivity index (χ0) is 13.8. The van der Waals surface area contributed by atoms with Crippen molar-refractivity contribution in [1.29, 1.82) is 0 Å². The molecule has 2 nitrogen and oxygen atoms in total. The fourth-order valence-corrected chi connectivity index (χ4v) is 1.93. The van der Waals surface area contributed by atoms with Gasteiger partial charge in [0.05, 0.1) is 7.11 Å². The van der Waals surface area contributed by atoms with E-state index in [2.05, 4.69) is 5.32 Å². The van der Waals surface area contributed by atoms with Crippen LogP contribution in [0.25, 0.3) is 11.1 Å². The first kappa shape index (κ1) is 13.5. The van der Waals surface area contributed by atoms with E-state index in [-0.39, 0.29) is 11.6 Å². The van der Waals surface area contributed by atoms with Crippen molar-refractivity contribution in [2.45, 2.75) is 6.54 Å². The summed E-state index contributed by atoms with van der Waals surface area (Å²) in [7, 11) is 3.17. The number of rotatable bonds is 4. The highest BCUT2D eigenvalue weighted by Crippen LogP contribution is 2.26. The normalized spacial score (nSPS) is 10.5. The number of nitrogens with one attached hydrogen (secondary N) is 1. The van der Waals surface area contributed by atoms with E-state index < -0.39 is 5.82 Å². The molecule has 1 N–H and O–H groups in total. The third kappa shape index (κ3) is 2.90. The quantitative estimate of drug-likeness (QED) is 0.913. The molecule has 0 aliphatic heterocycles. The highest BCUT2D eigenvalue weighted by Gasteiger charge is 2.08. The van der Waals surface area contributed by atoms with Gasteiger partial charge in [0.15, 0.2) is 11.6 Å². The van der Waals surface area contributed by atoms with E-state index in [0.29, 0.717) is 17.7 Å². The van der Waals surface area contributed by atoms with Gasteiger partial charge in [0, 0.05) is 12.1 Å². The maximum absolute atomic E-state index is 13.7. The Bertz CT molecular complexity index is 584. The van der Waals surface area contributed by atoms with E-state index in [1.807, 2.05) is 0 Å². The molecule has 2 aromatic carbocycles. The molecule has 0 unspecified atom stereocenters. The maximum atomic E-state index is 13.7. The lowest BCUT2D eigenvalue weighted by Crippen LogP contribution is -2.07. The van der Waals surface area contributed by atoms with Crippen molar-refractivity contribution in [3.63, 3.8) is 0 Å². The van der Waals surface area contributed by atoms with Gasteiger partial charge in [0.25, 0.3) is 0 Å². The summed E-state index contributed by atoms with van der Waals surface area (Å²) in [5, 5.41) is 2.90. The second kappa shape index (κ2) is 5.80. The summed E-state index contributed by atoms with van der Waals surface area (Å²) < 4.78 is 32.1. The zero-order valence-corrected chi connectivity index (χ0v) is 10.8. The Balaban J connectivity index is 2.41. The van der Waals surface area contributed by atoms with Crippen LogP contribution in [0.1, 0.15) is 5.56 Å². The van der Waals surface area contributed by atoms with Crippen molar-refractivity contribution in [2.75, 3.05) is 14.2 Å². The molecule has 0 heterocycles. The summed E-state index contributed by atoms with van der Waals surface area (Å²) in [4.78, 5) is 0. The molecule has 0 saturated carbocycles. The largest absolute Gasteiger partial charge is 0.494 e. The smallest absolute Gasteiger partial charge is 0.165 e. The number of ether oxygens (including phenoxy) is 1. The molecule has 0 amide bonds. The molecule has 2 aromatic rings. The topological polar surface area (TPSA) is 21.3 Å². The van der Waals surface area contributed by atoms with Crippen LogP contribution < -0.4 is 10.1 Å². The van der Waals surface area contributed by atoms with Crippen LogP contribution in [-0.2, 0) is 6.54 Å². The molecule has 19 heavy (non-hydrogen) atoms. The minimum atomic E-state index is -0.431. The molecule has 4 heteroatoms. The van der Waals surface area contributed by atoms with E-state index in [0.717, 1.165) is 5.56 Å². The third-order valence-corrected chi connectivity index (χ3v) is 2.90. The highest BCUT2D eigenvalue weighted by molar-refractivity contribution is 5.65. The van der Waals surface area contributed by atoms with Gasteiger partial charge in [-0.15, -0.1) is 0 Å². The van der Waals surface area contributed by atoms with Gasteiger partial charge in [0.2, 0.25) is 0 Å². The Kier molecular flexibility index (Phi) is 4.12. The van der Waals surface area contributed by atoms with Crippen LogP contribution in [-0.4, -0.2) is 14.2 Å². The van der Waals surface area contributed by atoms with E-state index >= 15 is 0 Å². The van der Waals surface area contributed by atoms with E-state index in [1.54, 1.807) is 31.3 Å². The summed E-state index contributed by atoms with van der Waals surface area (Å²) in [6.07, 6.45) is 0. The molecular formula is C15H15F2NO. The number of benzene rings is 2. The van der Waals surface area contributed by atoms with Crippen molar-refractivity contribution < 1.29 is 13.5 Å². The highest BCUT2D eigenvalue weighted by atomic mass is 19.1. The van der Waals surface area contributed by atoms with Crippen LogP contribution in [0.2, 0.25) is 0 Å². The molecule has 0 bridgehead atoms. The lowest BCUT2D eigenvalue weighted by molar-refractivity contribution is 0.386. The average molecular weight is 263 g/mol. The molecule has 100 valence electrons. The second-order valence-corrected chi connectivity index (χ2v) is 4.19. The summed E-state index contributed by atoms with van der Waals surface area (Å²) in [6.45, 7) is 0.429. The Morgan fingerprint density at radius 3 is 2.32 bits per heavy atom. The van der Waals surface area contributed by atoms with Gasteiger partial charge >= 0.3 is 0 Å². The monoisotopic (exact) mass is 263 g/mol. The molecular weight excluding hydrogens is 248 g/mol. The van der Waals surface area contributed by atoms with Crippen LogP contribution in [0.3, 0.4) is 0 Å². The van der Waals surface area contributed by atoms with Gasteiger partial charge in [0.1, 0.15) is 5.82 Å². The molecule has 0 spiro atoms. The molecule has 2 rings (SSSR count). The van der Waals surface area contributed by atoms with Crippen molar-refractivity contribution in [2.24, 2.45) is 0 Å². The summed E-state index contributed by atoms with van der Waals surface area (Å²) in [6, 6.07) is 9.44. The van der Waals surface area contributed by atoms with Gasteiger partial charge in [-0.3, -0.25) is 0 Å². The lowest BCUT2D eigenvalue weighted by Gasteiger charge is -2.08. The molecule has 0 radical (unpaired) electrons. The predicted octanol–water partition coefficient (Wildman–Crippen LogP) is 3.36. The first-order valence-corrected chi connectivity index (χ1v) is 5.92. The van der Waals surface area contributed by atoms with E-state index in [4.69, 9.17) is 4.74 Å². The number of methoxy groups -OCH3 is 1. The standard InChI is InChI=1S/C15H15F2NO/c1-18-9-12-7-10(3-5-13(12)16)11-4-6-15(19-2)14(17)8-11/h3-8,18H,9H2,1-2H3. The van der Waals surface area contributed by atoms with Gasteiger partial charge < -0.3 is 10.1 Å². The lowest BCUT2D eigenvalue weighted by atomic mass is 10.0. The predicted molar refractivity (Wildman–Crippen MR) is 71.1 cm³/mol. The minimum absolute atomic E-state index is 0.196. The first-order chi connectivity index (χ1) is 9.15. The Hall–Kier alpha value is -1.94. The van der Waals surface area contributed by atoms with Crippen molar-refractivity contribution >= 4 is 0 Å².